The summed E-state index contributed by atoms with van der Waals surface area (Å²) in [6.45, 7) is 3.72. The SMILES string of the molecule is Cc1ccc(-c2ncco2)cc1-c1cnc(NC(=O)c2snnc2C)cn1. The number of benzene rings is 1. The molecule has 134 valence electrons. The highest BCUT2D eigenvalue weighted by Crippen LogP contribution is 2.27. The number of carbonyl (C=O) groups is 1. The van der Waals surface area contributed by atoms with Gasteiger partial charge in [-0.2, -0.15) is 0 Å². The van der Waals surface area contributed by atoms with Gasteiger partial charge in [-0.1, -0.05) is 10.6 Å². The van der Waals surface area contributed by atoms with Crippen LogP contribution in [-0.4, -0.2) is 30.4 Å². The van der Waals surface area contributed by atoms with Crippen LogP contribution in [0.5, 0.6) is 0 Å². The van der Waals surface area contributed by atoms with Crippen molar-refractivity contribution >= 4 is 23.3 Å². The molecule has 3 heterocycles. The number of hydrogen-bond acceptors (Lipinski definition) is 8. The van der Waals surface area contributed by atoms with E-state index in [1.54, 1.807) is 19.3 Å². The molecule has 1 aromatic carbocycles. The molecule has 4 aromatic rings. The maximum Gasteiger partial charge on any atom is 0.270 e. The van der Waals surface area contributed by atoms with Gasteiger partial charge >= 0.3 is 0 Å². The Morgan fingerprint density at radius 1 is 1.15 bits per heavy atom. The molecular weight excluding hydrogens is 364 g/mol. The Labute approximate surface area is 158 Å². The van der Waals surface area contributed by atoms with Crippen molar-refractivity contribution in [1.82, 2.24) is 24.5 Å². The van der Waals surface area contributed by atoms with Crippen molar-refractivity contribution in [3.8, 4) is 22.7 Å². The van der Waals surface area contributed by atoms with Gasteiger partial charge in [0.15, 0.2) is 5.82 Å². The van der Waals surface area contributed by atoms with Crippen LogP contribution in [0.25, 0.3) is 22.7 Å². The zero-order chi connectivity index (χ0) is 18.8. The summed E-state index contributed by atoms with van der Waals surface area (Å²) in [6, 6.07) is 5.87. The molecule has 0 atom stereocenters. The fraction of sp³-hybridized carbons (Fsp3) is 0.111. The van der Waals surface area contributed by atoms with E-state index in [0.717, 1.165) is 28.2 Å². The number of amides is 1. The second-order valence-electron chi connectivity index (χ2n) is 5.80. The highest BCUT2D eigenvalue weighted by atomic mass is 32.1. The Morgan fingerprint density at radius 3 is 2.70 bits per heavy atom. The smallest absolute Gasteiger partial charge is 0.270 e. The Kier molecular flexibility index (Phi) is 4.43. The maximum absolute atomic E-state index is 12.2. The zero-order valence-corrected chi connectivity index (χ0v) is 15.3. The van der Waals surface area contributed by atoms with Gasteiger partial charge in [-0.05, 0) is 43.1 Å². The van der Waals surface area contributed by atoms with Gasteiger partial charge in [-0.3, -0.25) is 9.78 Å². The Hall–Kier alpha value is -3.46. The number of nitrogens with zero attached hydrogens (tertiary/aromatic N) is 5. The number of anilines is 1. The predicted molar refractivity (Wildman–Crippen MR) is 100 cm³/mol. The number of carbonyl (C=O) groups excluding carboxylic acids is 1. The van der Waals surface area contributed by atoms with Crippen LogP contribution >= 0.6 is 11.5 Å². The van der Waals surface area contributed by atoms with Crippen molar-refractivity contribution < 1.29 is 9.21 Å². The minimum Gasteiger partial charge on any atom is -0.445 e. The minimum absolute atomic E-state index is 0.299. The van der Waals surface area contributed by atoms with E-state index in [9.17, 15) is 4.79 Å². The summed E-state index contributed by atoms with van der Waals surface area (Å²) in [5, 5.41) is 6.54. The second-order valence-corrected chi connectivity index (χ2v) is 6.55. The molecule has 0 aliphatic carbocycles. The molecule has 3 aromatic heterocycles. The van der Waals surface area contributed by atoms with E-state index in [1.165, 1.54) is 12.5 Å². The van der Waals surface area contributed by atoms with Crippen LogP contribution in [0.1, 0.15) is 20.9 Å². The van der Waals surface area contributed by atoms with Gasteiger partial charge in [0.05, 0.1) is 30.0 Å². The highest BCUT2D eigenvalue weighted by Gasteiger charge is 2.14. The lowest BCUT2D eigenvalue weighted by Crippen LogP contribution is -2.13. The van der Waals surface area contributed by atoms with Crippen molar-refractivity contribution in [2.75, 3.05) is 5.32 Å². The first-order valence-electron chi connectivity index (χ1n) is 8.05. The molecule has 0 bridgehead atoms. The third-order valence-corrected chi connectivity index (χ3v) is 4.77. The van der Waals surface area contributed by atoms with Gasteiger partial charge in [0, 0.05) is 11.1 Å². The molecule has 0 fully saturated rings. The van der Waals surface area contributed by atoms with Crippen LogP contribution in [-0.2, 0) is 0 Å². The third-order valence-electron chi connectivity index (χ3n) is 3.94. The fourth-order valence-electron chi connectivity index (χ4n) is 2.54. The predicted octanol–water partition coefficient (Wildman–Crippen LogP) is 3.52. The molecule has 0 aliphatic rings. The first-order valence-corrected chi connectivity index (χ1v) is 8.82. The third kappa shape index (κ3) is 3.44. The van der Waals surface area contributed by atoms with E-state index in [-0.39, 0.29) is 5.91 Å². The molecule has 1 N–H and O–H groups in total. The molecule has 1 amide bonds. The van der Waals surface area contributed by atoms with E-state index in [4.69, 9.17) is 4.42 Å². The van der Waals surface area contributed by atoms with Crippen LogP contribution in [0, 0.1) is 13.8 Å². The Bertz CT molecular complexity index is 1090. The topological polar surface area (TPSA) is 107 Å². The van der Waals surface area contributed by atoms with E-state index < -0.39 is 0 Å². The van der Waals surface area contributed by atoms with Gasteiger partial charge in [-0.25, -0.2) is 9.97 Å². The molecular formula is C18H14N6O2S. The standard InChI is InChI=1S/C18H14N6O2S/c1-10-3-4-12(18-19-5-6-26-18)7-13(10)14-8-21-15(9-20-14)22-17(25)16-11(2)23-24-27-16/h3-9H,1-2H3,(H,21,22,25). The maximum atomic E-state index is 12.2. The molecule has 0 saturated heterocycles. The highest BCUT2D eigenvalue weighted by molar-refractivity contribution is 7.08. The molecule has 0 radical (unpaired) electrons. The number of hydrogen-bond donors (Lipinski definition) is 1. The van der Waals surface area contributed by atoms with Gasteiger partial charge < -0.3 is 9.73 Å². The van der Waals surface area contributed by atoms with Gasteiger partial charge in [-0.15, -0.1) is 5.10 Å². The van der Waals surface area contributed by atoms with Crippen molar-refractivity contribution in [2.45, 2.75) is 13.8 Å². The Balaban J connectivity index is 1.58. The lowest BCUT2D eigenvalue weighted by atomic mass is 10.0. The molecule has 0 saturated carbocycles. The van der Waals surface area contributed by atoms with Crippen LogP contribution < -0.4 is 5.32 Å². The van der Waals surface area contributed by atoms with E-state index in [2.05, 4.69) is 29.9 Å². The molecule has 0 aliphatic heterocycles. The number of rotatable bonds is 4. The molecule has 0 unspecified atom stereocenters. The lowest BCUT2D eigenvalue weighted by Gasteiger charge is -2.08. The van der Waals surface area contributed by atoms with Crippen molar-refractivity contribution in [3.05, 3.63) is 59.2 Å². The van der Waals surface area contributed by atoms with Gasteiger partial charge in [0.2, 0.25) is 5.89 Å². The van der Waals surface area contributed by atoms with Crippen molar-refractivity contribution in [3.63, 3.8) is 0 Å². The largest absolute Gasteiger partial charge is 0.445 e. The van der Waals surface area contributed by atoms with Gasteiger partial charge in [0.1, 0.15) is 11.1 Å². The summed E-state index contributed by atoms with van der Waals surface area (Å²) in [6.07, 6.45) is 6.28. The minimum atomic E-state index is -0.299. The fourth-order valence-corrected chi connectivity index (χ4v) is 3.09. The van der Waals surface area contributed by atoms with E-state index in [1.807, 2.05) is 25.1 Å². The number of nitrogens with one attached hydrogen (secondary N) is 1. The molecule has 27 heavy (non-hydrogen) atoms. The summed E-state index contributed by atoms with van der Waals surface area (Å²) in [5.41, 5.74) is 4.09. The lowest BCUT2D eigenvalue weighted by molar-refractivity contribution is 0.102. The van der Waals surface area contributed by atoms with Crippen LogP contribution in [0.2, 0.25) is 0 Å². The first-order chi connectivity index (χ1) is 13.1. The van der Waals surface area contributed by atoms with E-state index >= 15 is 0 Å². The monoisotopic (exact) mass is 378 g/mol. The van der Waals surface area contributed by atoms with Gasteiger partial charge in [0.25, 0.3) is 5.91 Å². The average molecular weight is 378 g/mol. The summed E-state index contributed by atoms with van der Waals surface area (Å²) in [7, 11) is 0. The Morgan fingerprint density at radius 2 is 2.04 bits per heavy atom. The molecule has 0 spiro atoms. The summed E-state index contributed by atoms with van der Waals surface area (Å²) < 4.78 is 9.11. The quantitative estimate of drug-likeness (QED) is 0.579. The second kappa shape index (κ2) is 7.04. The molecule has 4 rings (SSSR count). The number of oxazole rings is 1. The average Bonchev–Trinajstić information content (AvgIpc) is 3.35. The first kappa shape index (κ1) is 17.0. The summed E-state index contributed by atoms with van der Waals surface area (Å²) in [5.74, 6) is 0.603. The summed E-state index contributed by atoms with van der Waals surface area (Å²) in [4.78, 5) is 25.6. The van der Waals surface area contributed by atoms with Crippen molar-refractivity contribution in [1.29, 1.82) is 0 Å². The summed E-state index contributed by atoms with van der Waals surface area (Å²) >= 11 is 1.04. The van der Waals surface area contributed by atoms with E-state index in [0.29, 0.717) is 28.0 Å². The normalized spacial score (nSPS) is 10.7. The molecule has 8 nitrogen and oxygen atoms in total. The number of aryl methyl sites for hydroxylation is 2. The van der Waals surface area contributed by atoms with Crippen LogP contribution in [0.15, 0.2) is 47.5 Å². The van der Waals surface area contributed by atoms with Crippen LogP contribution in [0.3, 0.4) is 0 Å². The van der Waals surface area contributed by atoms with Crippen molar-refractivity contribution in [2.24, 2.45) is 0 Å². The zero-order valence-electron chi connectivity index (χ0n) is 14.5. The number of aromatic nitrogens is 5. The molecule has 9 heteroatoms. The van der Waals surface area contributed by atoms with Crippen LogP contribution in [0.4, 0.5) is 5.82 Å².